The summed E-state index contributed by atoms with van der Waals surface area (Å²) in [6, 6.07) is 0.173. The van der Waals surface area contributed by atoms with Gasteiger partial charge in [0.1, 0.15) is 6.33 Å². The van der Waals surface area contributed by atoms with E-state index in [9.17, 15) is 4.79 Å². The summed E-state index contributed by atoms with van der Waals surface area (Å²) < 4.78 is 3.36. The van der Waals surface area contributed by atoms with Crippen molar-refractivity contribution in [2.45, 2.75) is 65.5 Å². The van der Waals surface area contributed by atoms with Gasteiger partial charge in [0.2, 0.25) is 0 Å². The summed E-state index contributed by atoms with van der Waals surface area (Å²) in [5, 5.41) is 4.22. The zero-order chi connectivity index (χ0) is 12.3. The Labute approximate surface area is 97.3 Å². The molecule has 1 heterocycles. The van der Waals surface area contributed by atoms with Gasteiger partial charge in [-0.2, -0.15) is 5.10 Å². The molecule has 0 aromatic carbocycles. The van der Waals surface area contributed by atoms with Gasteiger partial charge in [-0.25, -0.2) is 9.48 Å². The van der Waals surface area contributed by atoms with Crippen LogP contribution in [0.1, 0.15) is 59.9 Å². The van der Waals surface area contributed by atoms with Gasteiger partial charge in [0.05, 0.1) is 6.04 Å². The van der Waals surface area contributed by atoms with Crippen LogP contribution >= 0.6 is 0 Å². The lowest BCUT2D eigenvalue weighted by Crippen LogP contribution is -2.38. The first-order valence-corrected chi connectivity index (χ1v) is 6.16. The van der Waals surface area contributed by atoms with Crippen molar-refractivity contribution in [1.82, 2.24) is 14.3 Å². The van der Waals surface area contributed by atoms with Gasteiger partial charge in [-0.3, -0.25) is 4.57 Å². The number of hydrogen-bond donors (Lipinski definition) is 0. The van der Waals surface area contributed by atoms with Crippen molar-refractivity contribution in [2.24, 2.45) is 0 Å². The Morgan fingerprint density at radius 2 is 1.94 bits per heavy atom. The van der Waals surface area contributed by atoms with Gasteiger partial charge in [0, 0.05) is 5.54 Å². The molecule has 4 heteroatoms. The fraction of sp³-hybridized carbons (Fsp3) is 0.833. The van der Waals surface area contributed by atoms with Crippen molar-refractivity contribution in [3.05, 3.63) is 16.8 Å². The molecule has 0 bridgehead atoms. The van der Waals surface area contributed by atoms with Gasteiger partial charge in [-0.05, 0) is 33.1 Å². The SMILES string of the molecule is CC[C@H](C)n1ncn(C(C)(CC)CC)c1=O. The van der Waals surface area contributed by atoms with Crippen LogP contribution in [0.25, 0.3) is 0 Å². The molecule has 1 aromatic heterocycles. The van der Waals surface area contributed by atoms with Gasteiger partial charge >= 0.3 is 5.69 Å². The summed E-state index contributed by atoms with van der Waals surface area (Å²) >= 11 is 0. The van der Waals surface area contributed by atoms with Gasteiger partial charge in [0.25, 0.3) is 0 Å². The maximum atomic E-state index is 12.2. The molecule has 4 nitrogen and oxygen atoms in total. The number of rotatable bonds is 5. The molecule has 0 saturated carbocycles. The minimum Gasteiger partial charge on any atom is -0.276 e. The van der Waals surface area contributed by atoms with Gasteiger partial charge in [-0.15, -0.1) is 0 Å². The molecule has 0 amide bonds. The Balaban J connectivity index is 3.19. The summed E-state index contributed by atoms with van der Waals surface area (Å²) in [5.41, 5.74) is -0.0939. The predicted molar refractivity (Wildman–Crippen MR) is 65.7 cm³/mol. The van der Waals surface area contributed by atoms with Crippen molar-refractivity contribution in [3.63, 3.8) is 0 Å². The lowest BCUT2D eigenvalue weighted by molar-refractivity contribution is 0.280. The van der Waals surface area contributed by atoms with Crippen LogP contribution in [0.2, 0.25) is 0 Å². The smallest absolute Gasteiger partial charge is 0.276 e. The monoisotopic (exact) mass is 225 g/mol. The Hall–Kier alpha value is -1.06. The standard InChI is InChI=1S/C12H23N3O/c1-6-10(4)15-11(16)14(9-13-15)12(5,7-2)8-3/h9-10H,6-8H2,1-5H3/t10-/m0/s1. The lowest BCUT2D eigenvalue weighted by Gasteiger charge is -2.27. The van der Waals surface area contributed by atoms with E-state index in [2.05, 4.69) is 32.8 Å². The molecule has 0 N–H and O–H groups in total. The summed E-state index contributed by atoms with van der Waals surface area (Å²) in [4.78, 5) is 12.2. The second-order valence-electron chi connectivity index (χ2n) is 4.69. The van der Waals surface area contributed by atoms with E-state index >= 15 is 0 Å². The van der Waals surface area contributed by atoms with Crippen LogP contribution in [0, 0.1) is 0 Å². The highest BCUT2D eigenvalue weighted by Gasteiger charge is 2.25. The molecule has 1 rings (SSSR count). The molecule has 0 radical (unpaired) electrons. The molecule has 0 spiro atoms. The Kier molecular flexibility index (Phi) is 3.94. The average molecular weight is 225 g/mol. The van der Waals surface area contributed by atoms with E-state index in [1.807, 2.05) is 6.92 Å². The van der Waals surface area contributed by atoms with Crippen LogP contribution in [0.4, 0.5) is 0 Å². The molecule has 0 aliphatic heterocycles. The van der Waals surface area contributed by atoms with E-state index in [0.717, 1.165) is 19.3 Å². The zero-order valence-electron chi connectivity index (χ0n) is 11.0. The minimum absolute atomic E-state index is 0.0144. The first-order valence-electron chi connectivity index (χ1n) is 6.16. The van der Waals surface area contributed by atoms with Crippen LogP contribution < -0.4 is 5.69 Å². The van der Waals surface area contributed by atoms with E-state index in [1.165, 1.54) is 0 Å². The van der Waals surface area contributed by atoms with E-state index < -0.39 is 0 Å². The van der Waals surface area contributed by atoms with E-state index in [4.69, 9.17) is 0 Å². The molecule has 0 aliphatic rings. The first kappa shape index (κ1) is 13.0. The second-order valence-corrected chi connectivity index (χ2v) is 4.69. The highest BCUT2D eigenvalue weighted by Crippen LogP contribution is 2.22. The third kappa shape index (κ3) is 2.06. The largest absolute Gasteiger partial charge is 0.346 e. The fourth-order valence-electron chi connectivity index (χ4n) is 1.75. The molecular weight excluding hydrogens is 202 g/mol. The number of aromatic nitrogens is 3. The highest BCUT2D eigenvalue weighted by molar-refractivity contribution is 4.85. The van der Waals surface area contributed by atoms with Crippen LogP contribution in [-0.2, 0) is 5.54 Å². The van der Waals surface area contributed by atoms with Crippen molar-refractivity contribution >= 4 is 0 Å². The Bertz CT molecular complexity index is 387. The topological polar surface area (TPSA) is 39.8 Å². The summed E-state index contributed by atoms with van der Waals surface area (Å²) in [5.74, 6) is 0. The maximum absolute atomic E-state index is 12.2. The van der Waals surface area contributed by atoms with Crippen molar-refractivity contribution in [2.75, 3.05) is 0 Å². The van der Waals surface area contributed by atoms with Crippen LogP contribution in [0.5, 0.6) is 0 Å². The molecule has 0 saturated heterocycles. The summed E-state index contributed by atoms with van der Waals surface area (Å²) in [6.07, 6.45) is 4.48. The quantitative estimate of drug-likeness (QED) is 0.772. The lowest BCUT2D eigenvalue weighted by atomic mass is 9.95. The fourth-order valence-corrected chi connectivity index (χ4v) is 1.75. The zero-order valence-corrected chi connectivity index (χ0v) is 11.0. The van der Waals surface area contributed by atoms with Crippen LogP contribution in [-0.4, -0.2) is 14.3 Å². The van der Waals surface area contributed by atoms with Crippen molar-refractivity contribution in [3.8, 4) is 0 Å². The molecule has 0 aliphatic carbocycles. The predicted octanol–water partition coefficient (Wildman–Crippen LogP) is 2.55. The van der Waals surface area contributed by atoms with Crippen molar-refractivity contribution < 1.29 is 0 Å². The normalized spacial score (nSPS) is 14.1. The van der Waals surface area contributed by atoms with Crippen LogP contribution in [0.3, 0.4) is 0 Å². The Morgan fingerprint density at radius 3 is 2.38 bits per heavy atom. The highest BCUT2D eigenvalue weighted by atomic mass is 16.2. The number of hydrogen-bond acceptors (Lipinski definition) is 2. The maximum Gasteiger partial charge on any atom is 0.346 e. The molecule has 0 fully saturated rings. The van der Waals surface area contributed by atoms with Crippen molar-refractivity contribution in [1.29, 1.82) is 0 Å². The van der Waals surface area contributed by atoms with Gasteiger partial charge in [-0.1, -0.05) is 20.8 Å². The first-order chi connectivity index (χ1) is 7.50. The van der Waals surface area contributed by atoms with E-state index in [-0.39, 0.29) is 17.3 Å². The summed E-state index contributed by atoms with van der Waals surface area (Å²) in [7, 11) is 0. The third-order valence-electron chi connectivity index (χ3n) is 3.81. The van der Waals surface area contributed by atoms with Gasteiger partial charge in [0.15, 0.2) is 0 Å². The van der Waals surface area contributed by atoms with Gasteiger partial charge < -0.3 is 0 Å². The van der Waals surface area contributed by atoms with Crippen LogP contribution in [0.15, 0.2) is 11.1 Å². The second kappa shape index (κ2) is 4.85. The minimum atomic E-state index is -0.108. The molecule has 16 heavy (non-hydrogen) atoms. The average Bonchev–Trinajstić information content (AvgIpc) is 2.69. The summed E-state index contributed by atoms with van der Waals surface area (Å²) in [6.45, 7) is 10.4. The Morgan fingerprint density at radius 1 is 1.38 bits per heavy atom. The molecular formula is C12H23N3O. The molecule has 1 atom stereocenters. The van der Waals surface area contributed by atoms with E-state index in [1.54, 1.807) is 15.6 Å². The molecule has 0 unspecified atom stereocenters. The third-order valence-corrected chi connectivity index (χ3v) is 3.81. The molecule has 92 valence electrons. The molecule has 1 aromatic rings. The van der Waals surface area contributed by atoms with E-state index in [0.29, 0.717) is 0 Å². The number of nitrogens with zero attached hydrogens (tertiary/aromatic N) is 3.